The van der Waals surface area contributed by atoms with Crippen molar-refractivity contribution in [3.8, 4) is 0 Å². The van der Waals surface area contributed by atoms with Gasteiger partial charge in [0.25, 0.3) is 0 Å². The fourth-order valence-electron chi connectivity index (χ4n) is 1.76. The third kappa shape index (κ3) is 3.49. The van der Waals surface area contributed by atoms with Gasteiger partial charge >= 0.3 is 0 Å². The Kier molecular flexibility index (Phi) is 4.51. The third-order valence-corrected chi connectivity index (χ3v) is 4.43. The predicted octanol–water partition coefficient (Wildman–Crippen LogP) is 4.38. The number of para-hydroxylation sites is 1. The molecule has 0 spiro atoms. The van der Waals surface area contributed by atoms with E-state index in [1.807, 2.05) is 18.2 Å². The molecule has 1 heterocycles. The van der Waals surface area contributed by atoms with Crippen LogP contribution in [0.5, 0.6) is 0 Å². The summed E-state index contributed by atoms with van der Waals surface area (Å²) in [6.45, 7) is 4.47. The molecule has 2 rings (SSSR count). The van der Waals surface area contributed by atoms with Crippen LogP contribution in [0.25, 0.3) is 0 Å². The van der Waals surface area contributed by atoms with E-state index in [9.17, 15) is 0 Å². The summed E-state index contributed by atoms with van der Waals surface area (Å²) in [5, 5.41) is 4.44. The molecule has 0 fully saturated rings. The average molecular weight is 313 g/mol. The van der Waals surface area contributed by atoms with Gasteiger partial charge in [-0.3, -0.25) is 4.99 Å². The Bertz CT molecular complexity index is 418. The van der Waals surface area contributed by atoms with Crippen LogP contribution in [-0.4, -0.2) is 17.0 Å². The first kappa shape index (κ1) is 13.0. The molecule has 1 N–H and O–H groups in total. The van der Waals surface area contributed by atoms with E-state index in [1.54, 1.807) is 11.8 Å². The summed E-state index contributed by atoms with van der Waals surface area (Å²) >= 11 is 5.35. The number of nitrogens with one attached hydrogen (secondary N) is 1. The van der Waals surface area contributed by atoms with Gasteiger partial charge < -0.3 is 5.32 Å². The maximum Gasteiger partial charge on any atom is 0.161 e. The van der Waals surface area contributed by atoms with Crippen LogP contribution in [0.4, 0.5) is 5.69 Å². The monoisotopic (exact) mass is 312 g/mol. The van der Waals surface area contributed by atoms with Crippen LogP contribution in [0, 0.1) is 5.92 Å². The van der Waals surface area contributed by atoms with Crippen molar-refractivity contribution in [1.29, 1.82) is 0 Å². The van der Waals surface area contributed by atoms with Gasteiger partial charge in [0.2, 0.25) is 0 Å². The van der Waals surface area contributed by atoms with E-state index in [1.165, 1.54) is 6.42 Å². The highest BCUT2D eigenvalue weighted by Crippen LogP contribution is 2.26. The highest BCUT2D eigenvalue weighted by molar-refractivity contribution is 9.10. The first-order valence-corrected chi connectivity index (χ1v) is 7.67. The average Bonchev–Trinajstić information content (AvgIpc) is 2.32. The number of aliphatic imine (C=N–C) groups is 1. The zero-order chi connectivity index (χ0) is 12.3. The summed E-state index contributed by atoms with van der Waals surface area (Å²) in [6, 6.07) is 8.60. The molecule has 0 aliphatic carbocycles. The predicted molar refractivity (Wildman–Crippen MR) is 80.9 cm³/mol. The Morgan fingerprint density at radius 2 is 2.18 bits per heavy atom. The van der Waals surface area contributed by atoms with Gasteiger partial charge in [-0.15, -0.1) is 0 Å². The lowest BCUT2D eigenvalue weighted by molar-refractivity contribution is 0.485. The number of amidine groups is 1. The molecule has 1 aromatic carbocycles. The molecule has 1 unspecified atom stereocenters. The smallest absolute Gasteiger partial charge is 0.161 e. The molecule has 0 saturated heterocycles. The molecule has 1 aliphatic heterocycles. The normalized spacial score (nSPS) is 20.2. The Morgan fingerprint density at radius 1 is 1.41 bits per heavy atom. The highest BCUT2D eigenvalue weighted by atomic mass is 79.9. The number of halogens is 1. The van der Waals surface area contributed by atoms with Gasteiger partial charge in [-0.25, -0.2) is 0 Å². The summed E-state index contributed by atoms with van der Waals surface area (Å²) in [5.74, 6) is 1.77. The number of benzene rings is 1. The Morgan fingerprint density at radius 3 is 2.88 bits per heavy atom. The van der Waals surface area contributed by atoms with Crippen LogP contribution in [0.3, 0.4) is 0 Å². The fourth-order valence-corrected chi connectivity index (χ4v) is 3.09. The van der Waals surface area contributed by atoms with Crippen molar-refractivity contribution < 1.29 is 0 Å². The van der Waals surface area contributed by atoms with Crippen LogP contribution < -0.4 is 5.32 Å². The van der Waals surface area contributed by atoms with E-state index >= 15 is 0 Å². The van der Waals surface area contributed by atoms with Gasteiger partial charge in [0, 0.05) is 10.2 Å². The maximum atomic E-state index is 4.77. The molecule has 92 valence electrons. The largest absolute Gasteiger partial charge is 0.334 e. The van der Waals surface area contributed by atoms with Gasteiger partial charge in [-0.2, -0.15) is 0 Å². The second-order valence-electron chi connectivity index (χ2n) is 4.49. The molecule has 17 heavy (non-hydrogen) atoms. The first-order valence-electron chi connectivity index (χ1n) is 5.89. The minimum atomic E-state index is 0.459. The zero-order valence-corrected chi connectivity index (χ0v) is 12.5. The van der Waals surface area contributed by atoms with Crippen LogP contribution >= 0.6 is 27.7 Å². The molecule has 1 aromatic rings. The molecule has 0 saturated carbocycles. The molecule has 0 bridgehead atoms. The number of hydrogen-bond donors (Lipinski definition) is 1. The van der Waals surface area contributed by atoms with Gasteiger partial charge in [-0.05, 0) is 40.4 Å². The lowest BCUT2D eigenvalue weighted by Crippen LogP contribution is -2.23. The minimum absolute atomic E-state index is 0.459. The van der Waals surface area contributed by atoms with Crippen LogP contribution in [0.15, 0.2) is 33.7 Å². The van der Waals surface area contributed by atoms with Crippen molar-refractivity contribution >= 4 is 38.5 Å². The van der Waals surface area contributed by atoms with Crippen LogP contribution in [-0.2, 0) is 0 Å². The zero-order valence-electron chi connectivity index (χ0n) is 10.1. The van der Waals surface area contributed by atoms with E-state index in [-0.39, 0.29) is 0 Å². The fraction of sp³-hybridized carbons (Fsp3) is 0.462. The Balaban J connectivity index is 2.11. The third-order valence-electron chi connectivity index (χ3n) is 2.82. The van der Waals surface area contributed by atoms with E-state index in [2.05, 4.69) is 41.2 Å². The SMILES string of the molecule is CC(C)C1CCSC(Nc2ccccc2Br)=N1. The van der Waals surface area contributed by atoms with Gasteiger partial charge in [-0.1, -0.05) is 37.7 Å². The Hall–Kier alpha value is -0.480. The lowest BCUT2D eigenvalue weighted by atomic mass is 10.0. The number of rotatable bonds is 2. The molecule has 0 aromatic heterocycles. The van der Waals surface area contributed by atoms with Crippen molar-refractivity contribution in [3.05, 3.63) is 28.7 Å². The maximum absolute atomic E-state index is 4.77. The second-order valence-corrected chi connectivity index (χ2v) is 6.43. The minimum Gasteiger partial charge on any atom is -0.334 e. The second kappa shape index (κ2) is 5.91. The van der Waals surface area contributed by atoms with Crippen molar-refractivity contribution in [2.24, 2.45) is 10.9 Å². The lowest BCUT2D eigenvalue weighted by Gasteiger charge is -2.23. The highest BCUT2D eigenvalue weighted by Gasteiger charge is 2.18. The molecule has 0 radical (unpaired) electrons. The standard InChI is InChI=1S/C13H17BrN2S/c1-9(2)11-7-8-17-13(15-11)16-12-6-4-3-5-10(12)14/h3-6,9,11H,7-8H2,1-2H3,(H,15,16). The van der Waals surface area contributed by atoms with Crippen molar-refractivity contribution in [2.45, 2.75) is 26.3 Å². The summed E-state index contributed by atoms with van der Waals surface area (Å²) in [7, 11) is 0. The molecule has 1 atom stereocenters. The van der Waals surface area contributed by atoms with Crippen molar-refractivity contribution in [2.75, 3.05) is 11.1 Å². The summed E-state index contributed by atoms with van der Waals surface area (Å²) in [4.78, 5) is 4.77. The molecule has 0 amide bonds. The molecular formula is C13H17BrN2S. The summed E-state index contributed by atoms with van der Waals surface area (Å²) < 4.78 is 1.08. The van der Waals surface area contributed by atoms with Gasteiger partial charge in [0.1, 0.15) is 0 Å². The van der Waals surface area contributed by atoms with Crippen molar-refractivity contribution in [3.63, 3.8) is 0 Å². The van der Waals surface area contributed by atoms with Crippen LogP contribution in [0.2, 0.25) is 0 Å². The molecule has 1 aliphatic rings. The van der Waals surface area contributed by atoms with Crippen molar-refractivity contribution in [1.82, 2.24) is 0 Å². The topological polar surface area (TPSA) is 24.4 Å². The summed E-state index contributed by atoms with van der Waals surface area (Å²) in [6.07, 6.45) is 1.18. The van der Waals surface area contributed by atoms with E-state index in [4.69, 9.17) is 4.99 Å². The number of nitrogens with zero attached hydrogens (tertiary/aromatic N) is 1. The number of thioether (sulfide) groups is 1. The van der Waals surface area contributed by atoms with Gasteiger partial charge in [0.15, 0.2) is 5.17 Å². The number of anilines is 1. The molecule has 2 nitrogen and oxygen atoms in total. The summed E-state index contributed by atoms with van der Waals surface area (Å²) in [5.41, 5.74) is 1.09. The van der Waals surface area contributed by atoms with Crippen LogP contribution in [0.1, 0.15) is 20.3 Å². The van der Waals surface area contributed by atoms with E-state index < -0.39 is 0 Å². The quantitative estimate of drug-likeness (QED) is 0.876. The molecular weight excluding hydrogens is 296 g/mol. The van der Waals surface area contributed by atoms with E-state index in [0.717, 1.165) is 21.1 Å². The van der Waals surface area contributed by atoms with Gasteiger partial charge in [0.05, 0.1) is 11.7 Å². The first-order chi connectivity index (χ1) is 8.16. The molecule has 4 heteroatoms. The Labute approximate surface area is 115 Å². The van der Waals surface area contributed by atoms with E-state index in [0.29, 0.717) is 12.0 Å². The number of hydrogen-bond acceptors (Lipinski definition) is 3.